The topological polar surface area (TPSA) is 107 Å². The van der Waals surface area contributed by atoms with E-state index < -0.39 is 36.5 Å². The highest BCUT2D eigenvalue weighted by Crippen LogP contribution is 2.28. The Morgan fingerprint density at radius 3 is 2.26 bits per heavy atom. The molecule has 11 atom stereocenters. The smallest absolute Gasteiger partial charge is 0.331 e. The van der Waals surface area contributed by atoms with Gasteiger partial charge in [-0.25, -0.2) is 4.79 Å². The standard InChI is InChI=1S/C32H52O6/c1-8-9-12-24(5)32-26(7)28(34)18-15-21(2)19-25(6)31(37)23(4)16-17-27(33)20-29(35)22(3)13-10-11-14-30(36)38-32/h8-14,16-17,21-29,31-35,37H,1,15,18-20H2,2-7H3/b12-9-,13-10-,14-11-,17-16-. The van der Waals surface area contributed by atoms with Gasteiger partial charge in [-0.3, -0.25) is 0 Å². The molecule has 11 unspecified atom stereocenters. The van der Waals surface area contributed by atoms with Gasteiger partial charge < -0.3 is 25.2 Å². The SMILES string of the molecule is C=C/C=C\C(C)C1OC(=O)/C=C\C=C/C(C)C(O)CC(O)/C=C\C(C)C(O)C(C)CC(C)CCC(O)C1C. The number of hydrogen-bond acceptors (Lipinski definition) is 6. The van der Waals surface area contributed by atoms with Crippen LogP contribution in [0.1, 0.15) is 67.2 Å². The molecule has 1 rings (SSSR count). The fourth-order valence-corrected chi connectivity index (χ4v) is 5.04. The van der Waals surface area contributed by atoms with E-state index in [1.54, 1.807) is 30.4 Å². The zero-order valence-corrected chi connectivity index (χ0v) is 24.2. The average molecular weight is 533 g/mol. The zero-order chi connectivity index (χ0) is 28.8. The Labute approximate surface area is 230 Å². The fourth-order valence-electron chi connectivity index (χ4n) is 5.04. The molecule has 0 aromatic carbocycles. The largest absolute Gasteiger partial charge is 0.458 e. The number of aliphatic hydroxyl groups is 4. The van der Waals surface area contributed by atoms with E-state index >= 15 is 0 Å². The van der Waals surface area contributed by atoms with Crippen LogP contribution in [0.25, 0.3) is 0 Å². The van der Waals surface area contributed by atoms with Gasteiger partial charge in [-0.05, 0) is 31.1 Å². The van der Waals surface area contributed by atoms with Gasteiger partial charge in [-0.1, -0.05) is 96.7 Å². The van der Waals surface area contributed by atoms with Gasteiger partial charge in [0.1, 0.15) is 6.10 Å². The van der Waals surface area contributed by atoms with Gasteiger partial charge >= 0.3 is 5.97 Å². The van der Waals surface area contributed by atoms with Crippen molar-refractivity contribution in [2.24, 2.45) is 35.5 Å². The number of rotatable bonds is 3. The van der Waals surface area contributed by atoms with Crippen molar-refractivity contribution in [3.05, 3.63) is 61.3 Å². The maximum atomic E-state index is 12.6. The van der Waals surface area contributed by atoms with Gasteiger partial charge in [0.25, 0.3) is 0 Å². The number of aliphatic hydroxyl groups excluding tert-OH is 4. The third-order valence-electron chi connectivity index (χ3n) is 7.78. The third-order valence-corrected chi connectivity index (χ3v) is 7.78. The van der Waals surface area contributed by atoms with Crippen LogP contribution in [0.2, 0.25) is 0 Å². The lowest BCUT2D eigenvalue weighted by molar-refractivity contribution is -0.150. The van der Waals surface area contributed by atoms with Crippen molar-refractivity contribution in [2.45, 2.75) is 97.7 Å². The van der Waals surface area contributed by atoms with E-state index in [9.17, 15) is 25.2 Å². The maximum Gasteiger partial charge on any atom is 0.331 e. The Morgan fingerprint density at radius 1 is 0.921 bits per heavy atom. The predicted molar refractivity (Wildman–Crippen MR) is 154 cm³/mol. The summed E-state index contributed by atoms with van der Waals surface area (Å²) < 4.78 is 5.81. The van der Waals surface area contributed by atoms with Crippen LogP contribution >= 0.6 is 0 Å². The molecule has 0 bridgehead atoms. The van der Waals surface area contributed by atoms with Crippen LogP contribution in [-0.4, -0.2) is 56.9 Å². The molecular formula is C32H52O6. The van der Waals surface area contributed by atoms with Crippen LogP contribution in [0.4, 0.5) is 0 Å². The van der Waals surface area contributed by atoms with Crippen molar-refractivity contribution < 1.29 is 30.0 Å². The summed E-state index contributed by atoms with van der Waals surface area (Å²) in [5.41, 5.74) is 0. The van der Waals surface area contributed by atoms with Crippen LogP contribution in [0.5, 0.6) is 0 Å². The minimum absolute atomic E-state index is 0.0366. The molecule has 0 aromatic rings. The summed E-state index contributed by atoms with van der Waals surface area (Å²) in [7, 11) is 0. The Balaban J connectivity index is 3.17. The molecule has 0 saturated carbocycles. The van der Waals surface area contributed by atoms with E-state index in [1.807, 2.05) is 52.8 Å². The van der Waals surface area contributed by atoms with Gasteiger partial charge in [0.05, 0.1) is 24.4 Å². The quantitative estimate of drug-likeness (QED) is 0.228. The van der Waals surface area contributed by atoms with E-state index in [0.29, 0.717) is 6.42 Å². The number of ether oxygens (including phenoxy) is 1. The fraction of sp³-hybridized carbons (Fsp3) is 0.656. The van der Waals surface area contributed by atoms with Gasteiger partial charge in [-0.15, -0.1) is 0 Å². The van der Waals surface area contributed by atoms with Crippen LogP contribution in [0.15, 0.2) is 61.3 Å². The first-order valence-corrected chi connectivity index (χ1v) is 14.1. The first kappa shape index (κ1) is 34.0. The van der Waals surface area contributed by atoms with Gasteiger partial charge in [0.2, 0.25) is 0 Å². The summed E-state index contributed by atoms with van der Waals surface area (Å²) in [5.74, 6) is -0.976. The summed E-state index contributed by atoms with van der Waals surface area (Å²) in [4.78, 5) is 12.6. The van der Waals surface area contributed by atoms with Crippen molar-refractivity contribution in [3.63, 3.8) is 0 Å². The van der Waals surface area contributed by atoms with Gasteiger partial charge in [-0.2, -0.15) is 0 Å². The molecule has 0 fully saturated rings. The second-order valence-corrected chi connectivity index (χ2v) is 11.4. The van der Waals surface area contributed by atoms with Crippen LogP contribution < -0.4 is 0 Å². The first-order chi connectivity index (χ1) is 17.9. The van der Waals surface area contributed by atoms with E-state index in [-0.39, 0.29) is 41.9 Å². The number of esters is 1. The molecule has 0 radical (unpaired) electrons. The molecule has 1 aliphatic heterocycles. The van der Waals surface area contributed by atoms with Crippen molar-refractivity contribution in [2.75, 3.05) is 0 Å². The molecule has 0 aromatic heterocycles. The lowest BCUT2D eigenvalue weighted by Crippen LogP contribution is -2.37. The Bertz CT molecular complexity index is 815. The van der Waals surface area contributed by atoms with E-state index in [0.717, 1.165) is 12.8 Å². The molecule has 38 heavy (non-hydrogen) atoms. The summed E-state index contributed by atoms with van der Waals surface area (Å²) in [5, 5.41) is 42.7. The summed E-state index contributed by atoms with van der Waals surface area (Å²) in [6.07, 6.45) is 14.2. The lowest BCUT2D eigenvalue weighted by atomic mass is 9.82. The normalized spacial score (nSPS) is 40.7. The lowest BCUT2D eigenvalue weighted by Gasteiger charge is -2.31. The number of hydrogen-bond donors (Lipinski definition) is 4. The first-order valence-electron chi connectivity index (χ1n) is 14.1. The van der Waals surface area contributed by atoms with Gasteiger partial charge in [0.15, 0.2) is 0 Å². The number of carbonyl (C=O) groups is 1. The van der Waals surface area contributed by atoms with Crippen LogP contribution in [-0.2, 0) is 9.53 Å². The molecule has 0 amide bonds. The Kier molecular flexibility index (Phi) is 15.7. The van der Waals surface area contributed by atoms with E-state index in [4.69, 9.17) is 4.74 Å². The molecule has 0 spiro atoms. The minimum Gasteiger partial charge on any atom is -0.458 e. The van der Waals surface area contributed by atoms with Crippen molar-refractivity contribution in [3.8, 4) is 0 Å². The molecule has 6 nitrogen and oxygen atoms in total. The predicted octanol–water partition coefficient (Wildman–Crippen LogP) is 5.14. The third kappa shape index (κ3) is 12.2. The van der Waals surface area contributed by atoms with Crippen molar-refractivity contribution in [1.82, 2.24) is 0 Å². The van der Waals surface area contributed by atoms with Crippen molar-refractivity contribution in [1.29, 1.82) is 0 Å². The number of allylic oxidation sites excluding steroid dienone is 4. The number of cyclic esters (lactones) is 1. The van der Waals surface area contributed by atoms with Crippen LogP contribution in [0, 0.1) is 35.5 Å². The zero-order valence-electron chi connectivity index (χ0n) is 24.2. The minimum atomic E-state index is -0.828. The summed E-state index contributed by atoms with van der Waals surface area (Å²) in [6, 6.07) is 0. The molecule has 4 N–H and O–H groups in total. The molecule has 0 aliphatic carbocycles. The molecule has 0 saturated heterocycles. The Hall–Kier alpha value is -1.99. The molecular weight excluding hydrogens is 480 g/mol. The van der Waals surface area contributed by atoms with E-state index in [2.05, 4.69) is 13.5 Å². The highest BCUT2D eigenvalue weighted by molar-refractivity contribution is 5.82. The molecule has 216 valence electrons. The number of carbonyl (C=O) groups excluding carboxylic acids is 1. The molecule has 1 aliphatic rings. The maximum absolute atomic E-state index is 12.6. The molecule has 1 heterocycles. The summed E-state index contributed by atoms with van der Waals surface area (Å²) in [6.45, 7) is 15.5. The monoisotopic (exact) mass is 532 g/mol. The van der Waals surface area contributed by atoms with E-state index in [1.165, 1.54) is 6.08 Å². The average Bonchev–Trinajstić information content (AvgIpc) is 2.88. The second-order valence-electron chi connectivity index (χ2n) is 11.4. The highest BCUT2D eigenvalue weighted by atomic mass is 16.5. The second kappa shape index (κ2) is 17.6. The highest BCUT2D eigenvalue weighted by Gasteiger charge is 2.31. The molecule has 6 heteroatoms. The van der Waals surface area contributed by atoms with Crippen LogP contribution in [0.3, 0.4) is 0 Å². The summed E-state index contributed by atoms with van der Waals surface area (Å²) >= 11 is 0. The van der Waals surface area contributed by atoms with Crippen molar-refractivity contribution >= 4 is 5.97 Å². The Morgan fingerprint density at radius 2 is 1.61 bits per heavy atom. The van der Waals surface area contributed by atoms with Gasteiger partial charge in [0, 0.05) is 36.2 Å².